The van der Waals surface area contributed by atoms with E-state index < -0.39 is 11.9 Å². The normalized spacial score (nSPS) is 10.2. The minimum Gasteiger partial charge on any atom is -0.494 e. The van der Waals surface area contributed by atoms with E-state index in [4.69, 9.17) is 18.9 Å². The summed E-state index contributed by atoms with van der Waals surface area (Å²) in [7, 11) is 0. The highest BCUT2D eigenvalue weighted by atomic mass is 16.5. The molecule has 0 saturated heterocycles. The second-order valence-corrected chi connectivity index (χ2v) is 8.34. The molecule has 204 valence electrons. The van der Waals surface area contributed by atoms with Gasteiger partial charge in [-0.3, -0.25) is 4.79 Å². The molecular weight excluding hydrogens is 488 g/mol. The predicted molar refractivity (Wildman–Crippen MR) is 143 cm³/mol. The van der Waals surface area contributed by atoms with E-state index >= 15 is 0 Å². The van der Waals surface area contributed by atoms with Gasteiger partial charge in [0.25, 0.3) is 0 Å². The lowest BCUT2D eigenvalue weighted by Gasteiger charge is -2.09. The van der Waals surface area contributed by atoms with Crippen LogP contribution in [0.25, 0.3) is 0 Å². The van der Waals surface area contributed by atoms with Crippen molar-refractivity contribution in [3.8, 4) is 17.2 Å². The quantitative estimate of drug-likeness (QED) is 0.0704. The van der Waals surface area contributed by atoms with Crippen LogP contribution in [0.2, 0.25) is 0 Å². The van der Waals surface area contributed by atoms with Gasteiger partial charge in [0, 0.05) is 12.5 Å². The van der Waals surface area contributed by atoms with Gasteiger partial charge in [0.1, 0.15) is 17.2 Å². The summed E-state index contributed by atoms with van der Waals surface area (Å²) in [4.78, 5) is 34.6. The fourth-order valence-electron chi connectivity index (χ4n) is 3.33. The van der Waals surface area contributed by atoms with Gasteiger partial charge in [0.05, 0.1) is 31.6 Å². The first-order valence-corrected chi connectivity index (χ1v) is 12.8. The Balaban J connectivity index is 1.61. The molecule has 0 spiro atoms. The Kier molecular flexibility index (Phi) is 14.5. The van der Waals surface area contributed by atoms with Crippen molar-refractivity contribution in [2.24, 2.45) is 0 Å². The minimum atomic E-state index is -0.461. The van der Waals surface area contributed by atoms with Crippen molar-refractivity contribution in [2.75, 3.05) is 19.8 Å². The van der Waals surface area contributed by atoms with Gasteiger partial charge in [-0.25, -0.2) is 9.59 Å². The topological polar surface area (TPSA) is 97.4 Å². The Hall–Kier alpha value is -4.07. The number of hydrogen-bond donors (Lipinski definition) is 0. The smallest absolute Gasteiger partial charge is 0.343 e. The maximum absolute atomic E-state index is 12.4. The molecule has 0 aliphatic rings. The Morgan fingerprint density at radius 1 is 0.658 bits per heavy atom. The monoisotopic (exact) mass is 524 g/mol. The second kappa shape index (κ2) is 18.2. The molecule has 0 saturated carbocycles. The summed E-state index contributed by atoms with van der Waals surface area (Å²) in [5, 5.41) is 0. The summed E-state index contributed by atoms with van der Waals surface area (Å²) >= 11 is 0. The molecule has 0 bridgehead atoms. The summed E-state index contributed by atoms with van der Waals surface area (Å²) in [6.45, 7) is 8.20. The van der Waals surface area contributed by atoms with Crippen LogP contribution in [0.4, 0.5) is 0 Å². The highest BCUT2D eigenvalue weighted by Crippen LogP contribution is 2.20. The summed E-state index contributed by atoms with van der Waals surface area (Å²) < 4.78 is 26.4. The number of ether oxygens (including phenoxy) is 5. The van der Waals surface area contributed by atoms with Gasteiger partial charge in [0.2, 0.25) is 0 Å². The zero-order valence-corrected chi connectivity index (χ0v) is 21.7. The predicted octanol–water partition coefficient (Wildman–Crippen LogP) is 6.20. The van der Waals surface area contributed by atoms with Crippen LogP contribution in [0, 0.1) is 0 Å². The molecule has 2 aromatic carbocycles. The molecule has 2 rings (SSSR count). The second-order valence-electron chi connectivity index (χ2n) is 8.34. The Bertz CT molecular complexity index is 1010. The Labute approximate surface area is 224 Å². The third kappa shape index (κ3) is 12.8. The molecule has 0 aliphatic heterocycles. The van der Waals surface area contributed by atoms with Crippen LogP contribution >= 0.6 is 0 Å². The van der Waals surface area contributed by atoms with E-state index in [9.17, 15) is 14.4 Å². The van der Waals surface area contributed by atoms with Gasteiger partial charge in [-0.15, -0.1) is 0 Å². The number of unbranched alkanes of at least 4 members (excludes halogenated alkanes) is 5. The van der Waals surface area contributed by atoms with E-state index in [1.54, 1.807) is 48.5 Å². The molecule has 0 amide bonds. The van der Waals surface area contributed by atoms with Crippen LogP contribution in [0.15, 0.2) is 74.0 Å². The van der Waals surface area contributed by atoms with Crippen LogP contribution in [-0.2, 0) is 19.1 Å². The zero-order valence-electron chi connectivity index (χ0n) is 21.7. The third-order valence-corrected chi connectivity index (χ3v) is 5.35. The zero-order chi connectivity index (χ0) is 27.4. The molecular formula is C30H36O8. The molecule has 0 atom stereocenters. The van der Waals surface area contributed by atoms with Gasteiger partial charge in [-0.2, -0.15) is 0 Å². The van der Waals surface area contributed by atoms with Crippen molar-refractivity contribution in [3.63, 3.8) is 0 Å². The lowest BCUT2D eigenvalue weighted by Crippen LogP contribution is -2.08. The van der Waals surface area contributed by atoms with Crippen molar-refractivity contribution < 1.29 is 38.1 Å². The number of rotatable bonds is 19. The van der Waals surface area contributed by atoms with Crippen molar-refractivity contribution in [3.05, 3.63) is 79.6 Å². The molecule has 8 heteroatoms. The average molecular weight is 525 g/mol. The summed E-state index contributed by atoms with van der Waals surface area (Å²) in [6, 6.07) is 13.7. The molecule has 0 aliphatic carbocycles. The fraction of sp³-hybridized carbons (Fsp3) is 0.367. The standard InChI is InChI=1S/C30H36O8/c1-3-28(31)37-23-10-6-5-9-21-35-25-15-13-24(14-16-25)30(33)38-27-19-17-26(18-20-27)36-22-11-7-8-12-29(32)34-4-2/h3-4,13-20H,1-2,5-12,21-23H2. The van der Waals surface area contributed by atoms with Crippen LogP contribution in [0.3, 0.4) is 0 Å². The first-order valence-electron chi connectivity index (χ1n) is 12.8. The van der Waals surface area contributed by atoms with Crippen molar-refractivity contribution >= 4 is 17.9 Å². The van der Waals surface area contributed by atoms with Gasteiger partial charge in [-0.05, 0) is 93.5 Å². The number of carbonyl (C=O) groups excluding carboxylic acids is 3. The lowest BCUT2D eigenvalue weighted by molar-refractivity contribution is -0.138. The number of carbonyl (C=O) groups is 3. The lowest BCUT2D eigenvalue weighted by atomic mass is 10.2. The number of esters is 3. The van der Waals surface area contributed by atoms with Crippen LogP contribution in [0.5, 0.6) is 17.2 Å². The SMILES string of the molecule is C=COC(=O)CCCCCOc1ccc(OC(=O)c2ccc(OCCCCCCOC(=O)C=C)cc2)cc1. The van der Waals surface area contributed by atoms with E-state index in [-0.39, 0.29) is 5.97 Å². The van der Waals surface area contributed by atoms with E-state index in [0.717, 1.165) is 57.3 Å². The van der Waals surface area contributed by atoms with E-state index in [0.29, 0.717) is 49.1 Å². The number of benzene rings is 2. The van der Waals surface area contributed by atoms with Crippen LogP contribution in [0.1, 0.15) is 61.7 Å². The number of hydrogen-bond acceptors (Lipinski definition) is 8. The largest absolute Gasteiger partial charge is 0.494 e. The molecule has 0 aromatic heterocycles. The first-order chi connectivity index (χ1) is 18.5. The molecule has 2 aromatic rings. The Morgan fingerprint density at radius 3 is 1.76 bits per heavy atom. The van der Waals surface area contributed by atoms with Crippen molar-refractivity contribution in [2.45, 2.75) is 51.4 Å². The summed E-state index contributed by atoms with van der Waals surface area (Å²) in [5.74, 6) is 0.642. The third-order valence-electron chi connectivity index (χ3n) is 5.35. The summed E-state index contributed by atoms with van der Waals surface area (Å²) in [6.07, 6.45) is 8.66. The highest BCUT2D eigenvalue weighted by molar-refractivity contribution is 5.91. The maximum atomic E-state index is 12.4. The first kappa shape index (κ1) is 30.2. The van der Waals surface area contributed by atoms with Crippen molar-refractivity contribution in [1.29, 1.82) is 0 Å². The molecule has 0 fully saturated rings. The van der Waals surface area contributed by atoms with Crippen LogP contribution < -0.4 is 14.2 Å². The molecule has 0 unspecified atom stereocenters. The maximum Gasteiger partial charge on any atom is 0.343 e. The molecule has 0 heterocycles. The molecule has 0 N–H and O–H groups in total. The average Bonchev–Trinajstić information content (AvgIpc) is 2.93. The van der Waals surface area contributed by atoms with Gasteiger partial charge >= 0.3 is 17.9 Å². The fourth-order valence-corrected chi connectivity index (χ4v) is 3.33. The van der Waals surface area contributed by atoms with Gasteiger partial charge in [-0.1, -0.05) is 13.2 Å². The highest BCUT2D eigenvalue weighted by Gasteiger charge is 2.09. The van der Waals surface area contributed by atoms with Crippen LogP contribution in [-0.4, -0.2) is 37.7 Å². The van der Waals surface area contributed by atoms with Gasteiger partial charge in [0.15, 0.2) is 0 Å². The van der Waals surface area contributed by atoms with E-state index in [2.05, 4.69) is 17.9 Å². The molecule has 38 heavy (non-hydrogen) atoms. The summed E-state index contributed by atoms with van der Waals surface area (Å²) in [5.41, 5.74) is 0.420. The van der Waals surface area contributed by atoms with E-state index in [1.165, 1.54) is 0 Å². The van der Waals surface area contributed by atoms with E-state index in [1.807, 2.05) is 0 Å². The van der Waals surface area contributed by atoms with Gasteiger partial charge < -0.3 is 23.7 Å². The molecule has 0 radical (unpaired) electrons. The van der Waals surface area contributed by atoms with Crippen molar-refractivity contribution in [1.82, 2.24) is 0 Å². The Morgan fingerprint density at radius 2 is 1.18 bits per heavy atom. The molecule has 8 nitrogen and oxygen atoms in total. The minimum absolute atomic E-state index is 0.277.